The lowest BCUT2D eigenvalue weighted by Crippen LogP contribution is -2.51. The highest BCUT2D eigenvalue weighted by Crippen LogP contribution is 2.52. The van der Waals surface area contributed by atoms with Gasteiger partial charge in [0, 0.05) is 12.8 Å². The van der Waals surface area contributed by atoms with Crippen LogP contribution < -0.4 is 0 Å². The first-order valence-electron chi connectivity index (χ1n) is 10.7. The Hall–Kier alpha value is -1.08. The first-order chi connectivity index (χ1) is 13.4. The predicted molar refractivity (Wildman–Crippen MR) is 102 cm³/mol. The first kappa shape index (κ1) is 20.2. The van der Waals surface area contributed by atoms with E-state index in [1.54, 1.807) is 0 Å². The standard InChI is InChI=1S/C22H32O6/c1-19-9-3-5-11-21(19,27-15-17(19)23)25-13-7-8-14-26-22-12-6-4-10-20(22,2)18(24)16-28-22/h7-8H,3-6,9-16H2,1-2H3/b8-7-/t19-,20-,21-,22-/m0/s1. The predicted octanol–water partition coefficient (Wildman–Crippen LogP) is 3.33. The van der Waals surface area contributed by atoms with E-state index in [0.29, 0.717) is 13.2 Å². The van der Waals surface area contributed by atoms with E-state index >= 15 is 0 Å². The molecular weight excluding hydrogens is 360 g/mol. The maximum atomic E-state index is 12.3. The zero-order chi connectivity index (χ0) is 19.9. The largest absolute Gasteiger partial charge is 0.345 e. The molecule has 2 saturated heterocycles. The molecular formula is C22H32O6. The molecule has 2 aliphatic heterocycles. The van der Waals surface area contributed by atoms with E-state index in [1.165, 1.54) is 0 Å². The van der Waals surface area contributed by atoms with E-state index in [9.17, 15) is 9.59 Å². The van der Waals surface area contributed by atoms with Crippen LogP contribution >= 0.6 is 0 Å². The number of carbonyl (C=O) groups excluding carboxylic acids is 2. The Balaban J connectivity index is 1.32. The van der Waals surface area contributed by atoms with Gasteiger partial charge in [-0.3, -0.25) is 9.59 Å². The molecule has 6 heteroatoms. The molecule has 2 aliphatic carbocycles. The molecule has 0 aromatic rings. The van der Waals surface area contributed by atoms with Crippen molar-refractivity contribution in [3.63, 3.8) is 0 Å². The van der Waals surface area contributed by atoms with Gasteiger partial charge in [-0.1, -0.05) is 25.0 Å². The summed E-state index contributed by atoms with van der Waals surface area (Å²) in [6, 6.07) is 0. The van der Waals surface area contributed by atoms with Gasteiger partial charge in [-0.2, -0.15) is 0 Å². The molecule has 0 radical (unpaired) electrons. The summed E-state index contributed by atoms with van der Waals surface area (Å²) in [7, 11) is 0. The molecule has 4 aliphatic rings. The molecule has 0 N–H and O–H groups in total. The lowest BCUT2D eigenvalue weighted by molar-refractivity contribution is -0.265. The second kappa shape index (κ2) is 7.31. The average Bonchev–Trinajstić information content (AvgIpc) is 3.11. The highest BCUT2D eigenvalue weighted by molar-refractivity contribution is 5.89. The van der Waals surface area contributed by atoms with Crippen molar-refractivity contribution < 1.29 is 28.5 Å². The third-order valence-electron chi connectivity index (χ3n) is 7.64. The summed E-state index contributed by atoms with van der Waals surface area (Å²) in [5.41, 5.74) is -1.06. The average molecular weight is 392 g/mol. The van der Waals surface area contributed by atoms with Crippen molar-refractivity contribution in [2.75, 3.05) is 26.4 Å². The molecule has 6 nitrogen and oxygen atoms in total. The topological polar surface area (TPSA) is 71.1 Å². The van der Waals surface area contributed by atoms with Gasteiger partial charge in [0.05, 0.1) is 24.0 Å². The fourth-order valence-electron chi connectivity index (χ4n) is 5.50. The second-order valence-electron chi connectivity index (χ2n) is 9.10. The van der Waals surface area contributed by atoms with Crippen LogP contribution in [-0.2, 0) is 28.5 Å². The third-order valence-corrected chi connectivity index (χ3v) is 7.64. The molecule has 4 rings (SSSR count). The molecule has 4 atom stereocenters. The van der Waals surface area contributed by atoms with Crippen molar-refractivity contribution in [3.8, 4) is 0 Å². The minimum Gasteiger partial charge on any atom is -0.345 e. The molecule has 0 spiro atoms. The summed E-state index contributed by atoms with van der Waals surface area (Å²) in [5.74, 6) is -1.26. The van der Waals surface area contributed by atoms with Crippen LogP contribution in [0.25, 0.3) is 0 Å². The van der Waals surface area contributed by atoms with Gasteiger partial charge in [0.25, 0.3) is 0 Å². The molecule has 0 aromatic heterocycles. The SMILES string of the molecule is C[C@@]12CCCC[C@]1(OC/C=C\CO[C@]13CCCC[C@@]1(C)C(=O)CO3)OCC2=O. The normalized spacial score (nSPS) is 43.5. The van der Waals surface area contributed by atoms with Crippen molar-refractivity contribution in [1.29, 1.82) is 0 Å². The molecule has 0 unspecified atom stereocenters. The number of carbonyl (C=O) groups is 2. The molecule has 4 fully saturated rings. The Morgan fingerprint density at radius 3 is 1.57 bits per heavy atom. The number of fused-ring (bicyclic) bond motifs is 2. The van der Waals surface area contributed by atoms with Crippen molar-refractivity contribution in [3.05, 3.63) is 12.2 Å². The number of ketones is 2. The van der Waals surface area contributed by atoms with Gasteiger partial charge in [-0.05, 0) is 39.5 Å². The van der Waals surface area contributed by atoms with Crippen LogP contribution in [0, 0.1) is 10.8 Å². The van der Waals surface area contributed by atoms with Crippen molar-refractivity contribution in [1.82, 2.24) is 0 Å². The molecule has 2 heterocycles. The minimum atomic E-state index is -0.783. The van der Waals surface area contributed by atoms with E-state index in [-0.39, 0.29) is 24.8 Å². The van der Waals surface area contributed by atoms with Gasteiger partial charge < -0.3 is 18.9 Å². The van der Waals surface area contributed by atoms with Crippen LogP contribution in [0.3, 0.4) is 0 Å². The first-order valence-corrected chi connectivity index (χ1v) is 10.7. The number of hydrogen-bond acceptors (Lipinski definition) is 6. The summed E-state index contributed by atoms with van der Waals surface area (Å²) in [6.45, 7) is 5.00. The van der Waals surface area contributed by atoms with Crippen molar-refractivity contribution >= 4 is 11.6 Å². The number of ether oxygens (including phenoxy) is 4. The summed E-state index contributed by atoms with van der Waals surface area (Å²) < 4.78 is 23.9. The van der Waals surface area contributed by atoms with Crippen molar-refractivity contribution in [2.45, 2.75) is 76.8 Å². The zero-order valence-corrected chi connectivity index (χ0v) is 17.1. The minimum absolute atomic E-state index is 0.149. The smallest absolute Gasteiger partial charge is 0.181 e. The van der Waals surface area contributed by atoms with E-state index in [4.69, 9.17) is 18.9 Å². The van der Waals surface area contributed by atoms with E-state index in [0.717, 1.165) is 51.4 Å². The maximum Gasteiger partial charge on any atom is 0.181 e. The van der Waals surface area contributed by atoms with Gasteiger partial charge in [-0.15, -0.1) is 0 Å². The van der Waals surface area contributed by atoms with Crippen LogP contribution in [0.5, 0.6) is 0 Å². The van der Waals surface area contributed by atoms with Crippen molar-refractivity contribution in [2.24, 2.45) is 10.8 Å². The van der Waals surface area contributed by atoms with E-state index < -0.39 is 22.4 Å². The van der Waals surface area contributed by atoms with Gasteiger partial charge in [0.15, 0.2) is 23.1 Å². The third kappa shape index (κ3) is 2.92. The molecule has 0 aromatic carbocycles. The fourth-order valence-corrected chi connectivity index (χ4v) is 5.50. The van der Waals surface area contributed by atoms with Gasteiger partial charge in [-0.25, -0.2) is 0 Å². The van der Waals surface area contributed by atoms with Crippen LogP contribution in [0.15, 0.2) is 12.2 Å². The highest BCUT2D eigenvalue weighted by atomic mass is 16.7. The van der Waals surface area contributed by atoms with E-state index in [1.807, 2.05) is 26.0 Å². The maximum absolute atomic E-state index is 12.3. The number of Topliss-reactive ketones (excluding diaryl/α,β-unsaturated/α-hetero) is 2. The number of rotatable bonds is 6. The van der Waals surface area contributed by atoms with Gasteiger partial charge >= 0.3 is 0 Å². The highest BCUT2D eigenvalue weighted by Gasteiger charge is 2.61. The lowest BCUT2D eigenvalue weighted by Gasteiger charge is -2.44. The van der Waals surface area contributed by atoms with Crippen LogP contribution in [0.1, 0.15) is 65.2 Å². The molecule has 28 heavy (non-hydrogen) atoms. The molecule has 0 bridgehead atoms. The second-order valence-corrected chi connectivity index (χ2v) is 9.10. The summed E-state index contributed by atoms with van der Waals surface area (Å²) in [4.78, 5) is 24.6. The fraction of sp³-hybridized carbons (Fsp3) is 0.818. The monoisotopic (exact) mass is 392 g/mol. The Kier molecular flexibility index (Phi) is 5.28. The quantitative estimate of drug-likeness (QED) is 0.646. The Labute approximate surface area is 166 Å². The van der Waals surface area contributed by atoms with Crippen LogP contribution in [0.2, 0.25) is 0 Å². The summed E-state index contributed by atoms with van der Waals surface area (Å²) in [6.07, 6.45) is 11.1. The number of hydrogen-bond donors (Lipinski definition) is 0. The molecule has 2 saturated carbocycles. The zero-order valence-electron chi connectivity index (χ0n) is 17.1. The summed E-state index contributed by atoms with van der Waals surface area (Å²) >= 11 is 0. The van der Waals surface area contributed by atoms with Crippen LogP contribution in [-0.4, -0.2) is 49.6 Å². The van der Waals surface area contributed by atoms with Crippen LogP contribution in [0.4, 0.5) is 0 Å². The molecule has 0 amide bonds. The lowest BCUT2D eigenvalue weighted by atomic mass is 9.69. The Bertz CT molecular complexity index is 618. The Morgan fingerprint density at radius 1 is 0.750 bits per heavy atom. The Morgan fingerprint density at radius 2 is 1.14 bits per heavy atom. The van der Waals surface area contributed by atoms with E-state index in [2.05, 4.69) is 0 Å². The molecule has 156 valence electrons. The van der Waals surface area contributed by atoms with Gasteiger partial charge in [0.1, 0.15) is 13.2 Å². The van der Waals surface area contributed by atoms with Gasteiger partial charge in [0.2, 0.25) is 0 Å². The summed E-state index contributed by atoms with van der Waals surface area (Å²) in [5, 5.41) is 0.